The first-order chi connectivity index (χ1) is 18.5. The molecule has 1 heterocycles. The van der Waals surface area contributed by atoms with Gasteiger partial charge in [0.25, 0.3) is 0 Å². The maximum Gasteiger partial charge on any atom is 0.173 e. The second-order valence-electron chi connectivity index (χ2n) is 10.7. The van der Waals surface area contributed by atoms with Gasteiger partial charge in [-0.2, -0.15) is 0 Å². The Labute approximate surface area is 226 Å². The molecule has 3 unspecified atom stereocenters. The van der Waals surface area contributed by atoms with Crippen LogP contribution in [-0.2, 0) is 5.41 Å². The number of para-hydroxylation sites is 1. The van der Waals surface area contributed by atoms with Gasteiger partial charge in [0.2, 0.25) is 0 Å². The van der Waals surface area contributed by atoms with Crippen LogP contribution >= 0.6 is 0 Å². The van der Waals surface area contributed by atoms with Crippen LogP contribution in [-0.4, -0.2) is 18.4 Å². The highest BCUT2D eigenvalue weighted by Crippen LogP contribution is 2.61. The Balaban J connectivity index is 1.71. The molecule has 188 valence electrons. The van der Waals surface area contributed by atoms with Crippen LogP contribution in [0.15, 0.2) is 127 Å². The molecule has 0 aromatic heterocycles. The van der Waals surface area contributed by atoms with E-state index < -0.39 is 11.5 Å². The number of nitrogens with zero attached hydrogens (tertiary/aromatic N) is 1. The van der Waals surface area contributed by atoms with Gasteiger partial charge in [0, 0.05) is 23.7 Å². The lowest BCUT2D eigenvalue weighted by Gasteiger charge is -2.53. The standard InChI is InChI=1S/C36H33NO/c1-4-35(2)31-22-14-15-23-32(31)37(3)36(35)25-29(26-16-8-5-9-17-26)24-30(27-18-10-6-11-19-27)33(36)34(38)28-20-12-7-13-21-28/h5-25,33H,4H2,1-3H3. The highest BCUT2D eigenvalue weighted by atomic mass is 16.1. The van der Waals surface area contributed by atoms with E-state index in [0.29, 0.717) is 0 Å². The van der Waals surface area contributed by atoms with Crippen LogP contribution in [0.2, 0.25) is 0 Å². The fourth-order valence-corrected chi connectivity index (χ4v) is 6.90. The predicted octanol–water partition coefficient (Wildman–Crippen LogP) is 8.22. The van der Waals surface area contributed by atoms with Gasteiger partial charge in [-0.3, -0.25) is 4.79 Å². The van der Waals surface area contributed by atoms with E-state index in [1.54, 1.807) is 0 Å². The number of rotatable bonds is 5. The fourth-order valence-electron chi connectivity index (χ4n) is 6.90. The number of ketones is 1. The quantitative estimate of drug-likeness (QED) is 0.260. The molecule has 3 atom stereocenters. The first-order valence-corrected chi connectivity index (χ1v) is 13.5. The van der Waals surface area contributed by atoms with Crippen LogP contribution in [0.1, 0.15) is 47.3 Å². The summed E-state index contributed by atoms with van der Waals surface area (Å²) in [4.78, 5) is 17.2. The van der Waals surface area contributed by atoms with E-state index in [2.05, 4.69) is 117 Å². The van der Waals surface area contributed by atoms with E-state index in [-0.39, 0.29) is 11.2 Å². The van der Waals surface area contributed by atoms with Gasteiger partial charge >= 0.3 is 0 Å². The van der Waals surface area contributed by atoms with E-state index in [4.69, 9.17) is 0 Å². The van der Waals surface area contributed by atoms with E-state index in [1.807, 2.05) is 36.4 Å². The average molecular weight is 496 g/mol. The Morgan fingerprint density at radius 3 is 1.95 bits per heavy atom. The SMILES string of the molecule is CCC1(C)c2ccccc2N(C)C12C=C(c1ccccc1)C=C(c1ccccc1)C2C(=O)c1ccccc1. The van der Waals surface area contributed by atoms with Crippen molar-refractivity contribution >= 4 is 22.6 Å². The second-order valence-corrected chi connectivity index (χ2v) is 10.7. The van der Waals surface area contributed by atoms with E-state index in [0.717, 1.165) is 34.3 Å². The molecule has 2 aliphatic rings. The lowest BCUT2D eigenvalue weighted by molar-refractivity contribution is 0.0877. The number of hydrogen-bond acceptors (Lipinski definition) is 2. The van der Waals surface area contributed by atoms with Gasteiger partial charge < -0.3 is 4.90 Å². The van der Waals surface area contributed by atoms with Crippen LogP contribution in [0.5, 0.6) is 0 Å². The molecule has 0 amide bonds. The summed E-state index contributed by atoms with van der Waals surface area (Å²) in [6.45, 7) is 4.62. The number of carbonyl (C=O) groups excluding carboxylic acids is 1. The smallest absolute Gasteiger partial charge is 0.173 e. The van der Waals surface area contributed by atoms with Crippen LogP contribution in [0.3, 0.4) is 0 Å². The maximum atomic E-state index is 14.8. The van der Waals surface area contributed by atoms with Gasteiger partial charge in [0.1, 0.15) is 0 Å². The summed E-state index contributed by atoms with van der Waals surface area (Å²) in [5, 5.41) is 0. The van der Waals surface area contributed by atoms with E-state index >= 15 is 0 Å². The molecule has 0 fully saturated rings. The summed E-state index contributed by atoms with van der Waals surface area (Å²) >= 11 is 0. The third kappa shape index (κ3) is 3.44. The lowest BCUT2D eigenvalue weighted by Crippen LogP contribution is -2.62. The number of anilines is 1. The molecule has 2 heteroatoms. The predicted molar refractivity (Wildman–Crippen MR) is 158 cm³/mol. The highest BCUT2D eigenvalue weighted by molar-refractivity contribution is 6.10. The third-order valence-electron chi connectivity index (χ3n) is 8.98. The second kappa shape index (κ2) is 9.29. The van der Waals surface area contributed by atoms with Crippen molar-refractivity contribution < 1.29 is 4.79 Å². The van der Waals surface area contributed by atoms with Crippen molar-refractivity contribution in [1.82, 2.24) is 0 Å². The van der Waals surface area contributed by atoms with Gasteiger partial charge in [0.05, 0.1) is 11.5 Å². The minimum atomic E-state index is -0.608. The molecule has 4 aromatic carbocycles. The Kier molecular flexibility index (Phi) is 5.91. The summed E-state index contributed by atoms with van der Waals surface area (Å²) in [5.74, 6) is -0.245. The van der Waals surface area contributed by atoms with Gasteiger partial charge in [-0.25, -0.2) is 0 Å². The zero-order valence-electron chi connectivity index (χ0n) is 22.3. The molecule has 0 saturated carbocycles. The molecule has 1 aliphatic carbocycles. The van der Waals surface area contributed by atoms with Crippen molar-refractivity contribution in [2.75, 3.05) is 11.9 Å². The summed E-state index contributed by atoms with van der Waals surface area (Å²) in [5.41, 5.74) is 6.80. The van der Waals surface area contributed by atoms with Gasteiger partial charge in [-0.05, 0) is 52.5 Å². The zero-order valence-corrected chi connectivity index (χ0v) is 22.3. The Morgan fingerprint density at radius 1 is 0.763 bits per heavy atom. The number of Topliss-reactive ketones (excluding diaryl/α,β-unsaturated/α-hetero) is 1. The molecular formula is C36H33NO. The monoisotopic (exact) mass is 495 g/mol. The number of carbonyl (C=O) groups is 1. The summed E-state index contributed by atoms with van der Waals surface area (Å²) in [7, 11) is 2.18. The van der Waals surface area contributed by atoms with Crippen molar-refractivity contribution in [3.8, 4) is 0 Å². The average Bonchev–Trinajstić information content (AvgIpc) is 3.17. The Morgan fingerprint density at radius 2 is 1.32 bits per heavy atom. The number of likely N-dealkylation sites (N-methyl/N-ethyl adjacent to an activating group) is 1. The molecule has 38 heavy (non-hydrogen) atoms. The van der Waals surface area contributed by atoms with Crippen molar-refractivity contribution in [3.63, 3.8) is 0 Å². The van der Waals surface area contributed by atoms with Gasteiger partial charge in [-0.1, -0.05) is 123 Å². The van der Waals surface area contributed by atoms with E-state index in [9.17, 15) is 4.79 Å². The number of hydrogen-bond donors (Lipinski definition) is 0. The summed E-state index contributed by atoms with van der Waals surface area (Å²) < 4.78 is 0. The fraction of sp³-hybridized carbons (Fsp3) is 0.194. The minimum absolute atomic E-state index is 0.156. The molecule has 1 spiro atoms. The topological polar surface area (TPSA) is 20.3 Å². The van der Waals surface area contributed by atoms with Crippen molar-refractivity contribution in [3.05, 3.63) is 150 Å². The van der Waals surface area contributed by atoms with E-state index in [1.165, 1.54) is 11.3 Å². The molecule has 1 aliphatic heterocycles. The van der Waals surface area contributed by atoms with Crippen molar-refractivity contribution in [1.29, 1.82) is 0 Å². The maximum absolute atomic E-state index is 14.8. The molecule has 2 nitrogen and oxygen atoms in total. The van der Waals surface area contributed by atoms with Gasteiger partial charge in [-0.15, -0.1) is 0 Å². The number of benzene rings is 4. The molecular weight excluding hydrogens is 462 g/mol. The largest absolute Gasteiger partial charge is 0.363 e. The van der Waals surface area contributed by atoms with Gasteiger partial charge in [0.15, 0.2) is 5.78 Å². The van der Waals surface area contributed by atoms with Crippen LogP contribution < -0.4 is 4.90 Å². The van der Waals surface area contributed by atoms with Crippen molar-refractivity contribution in [2.24, 2.45) is 5.92 Å². The molecule has 0 radical (unpaired) electrons. The highest BCUT2D eigenvalue weighted by Gasteiger charge is 2.63. The zero-order chi connectivity index (χ0) is 26.3. The minimum Gasteiger partial charge on any atom is -0.363 e. The first kappa shape index (κ1) is 24.2. The first-order valence-electron chi connectivity index (χ1n) is 13.5. The van der Waals surface area contributed by atoms with Crippen LogP contribution in [0.25, 0.3) is 11.1 Å². The molecule has 0 bridgehead atoms. The van der Waals surface area contributed by atoms with Crippen molar-refractivity contribution in [2.45, 2.75) is 31.2 Å². The molecule has 6 rings (SSSR count). The molecule has 4 aromatic rings. The Hall–Kier alpha value is -4.17. The molecule has 0 N–H and O–H groups in total. The number of fused-ring (bicyclic) bond motifs is 1. The van der Waals surface area contributed by atoms with Crippen LogP contribution in [0, 0.1) is 5.92 Å². The normalized spacial score (nSPS) is 24.1. The summed E-state index contributed by atoms with van der Waals surface area (Å²) in [6, 6.07) is 39.6. The van der Waals surface area contributed by atoms with Crippen LogP contribution in [0.4, 0.5) is 5.69 Å². The summed E-state index contributed by atoms with van der Waals surface area (Å²) in [6.07, 6.45) is 5.56. The third-order valence-corrected chi connectivity index (χ3v) is 8.98. The lowest BCUT2D eigenvalue weighted by atomic mass is 9.55. The Bertz CT molecular complexity index is 1540. The molecule has 0 saturated heterocycles. The number of allylic oxidation sites excluding steroid dienone is 2.